The van der Waals surface area contributed by atoms with Gasteiger partial charge in [0.15, 0.2) is 0 Å². The summed E-state index contributed by atoms with van der Waals surface area (Å²) in [4.78, 5) is 2.07. The molecule has 1 atom stereocenters. The predicted molar refractivity (Wildman–Crippen MR) is 82.1 cm³/mol. The summed E-state index contributed by atoms with van der Waals surface area (Å²) in [5, 5.41) is 0.415. The second-order valence-corrected chi connectivity index (χ2v) is 5.43. The van der Waals surface area contributed by atoms with E-state index in [0.29, 0.717) is 17.1 Å². The van der Waals surface area contributed by atoms with E-state index < -0.39 is 0 Å². The monoisotopic (exact) mass is 292 g/mol. The predicted octanol–water partition coefficient (Wildman–Crippen LogP) is 4.25. The summed E-state index contributed by atoms with van der Waals surface area (Å²) in [5.74, 6) is -0.274. The fourth-order valence-electron chi connectivity index (χ4n) is 2.13. The summed E-state index contributed by atoms with van der Waals surface area (Å²) in [5.41, 5.74) is 8.28. The van der Waals surface area contributed by atoms with Crippen LogP contribution in [-0.4, -0.2) is 11.9 Å². The molecule has 20 heavy (non-hydrogen) atoms. The molecule has 0 fully saturated rings. The number of nitrogens with two attached hydrogens (primary N) is 1. The van der Waals surface area contributed by atoms with Crippen LogP contribution in [0.1, 0.15) is 24.1 Å². The summed E-state index contributed by atoms with van der Waals surface area (Å²) < 4.78 is 13.8. The van der Waals surface area contributed by atoms with Crippen LogP contribution in [0.15, 0.2) is 42.5 Å². The normalized spacial score (nSPS) is 12.7. The molecule has 2 aromatic rings. The molecule has 2 N–H and O–H groups in total. The van der Waals surface area contributed by atoms with Crippen molar-refractivity contribution in [3.05, 3.63) is 64.4 Å². The third kappa shape index (κ3) is 3.50. The fraction of sp³-hybridized carbons (Fsp3) is 0.250. The van der Waals surface area contributed by atoms with E-state index >= 15 is 0 Å². The van der Waals surface area contributed by atoms with Crippen LogP contribution in [-0.2, 0) is 6.54 Å². The molecule has 0 aromatic heterocycles. The Hall–Kier alpha value is -1.58. The SMILES string of the molecule is CC(c1cccc(N)c1)N(C)Cc1ccc(Cl)cc1F. The third-order valence-electron chi connectivity index (χ3n) is 3.49. The van der Waals surface area contributed by atoms with Crippen molar-refractivity contribution in [3.8, 4) is 0 Å². The molecule has 0 saturated carbocycles. The molecule has 1 unspecified atom stereocenters. The van der Waals surface area contributed by atoms with E-state index in [1.807, 2.05) is 31.3 Å². The molecule has 0 aliphatic rings. The van der Waals surface area contributed by atoms with Crippen molar-refractivity contribution in [1.82, 2.24) is 4.90 Å². The van der Waals surface area contributed by atoms with Gasteiger partial charge in [0.25, 0.3) is 0 Å². The summed E-state index contributed by atoms with van der Waals surface area (Å²) in [6.45, 7) is 2.58. The average molecular weight is 293 g/mol. The molecule has 0 amide bonds. The fourth-order valence-corrected chi connectivity index (χ4v) is 2.29. The van der Waals surface area contributed by atoms with E-state index in [2.05, 4.69) is 11.8 Å². The van der Waals surface area contributed by atoms with Gasteiger partial charge in [-0.1, -0.05) is 29.8 Å². The Morgan fingerprint density at radius 2 is 2.00 bits per heavy atom. The van der Waals surface area contributed by atoms with E-state index in [1.165, 1.54) is 6.07 Å². The maximum Gasteiger partial charge on any atom is 0.129 e. The molecular formula is C16H18ClFN2. The minimum Gasteiger partial charge on any atom is -0.399 e. The van der Waals surface area contributed by atoms with Gasteiger partial charge in [-0.05, 0) is 43.8 Å². The van der Waals surface area contributed by atoms with E-state index in [4.69, 9.17) is 17.3 Å². The third-order valence-corrected chi connectivity index (χ3v) is 3.72. The van der Waals surface area contributed by atoms with Crippen molar-refractivity contribution in [2.24, 2.45) is 0 Å². The van der Waals surface area contributed by atoms with Crippen LogP contribution in [0, 0.1) is 5.82 Å². The van der Waals surface area contributed by atoms with Crippen LogP contribution in [0.25, 0.3) is 0 Å². The van der Waals surface area contributed by atoms with Gasteiger partial charge in [-0.25, -0.2) is 4.39 Å². The maximum atomic E-state index is 13.8. The summed E-state index contributed by atoms with van der Waals surface area (Å²) in [6, 6.07) is 12.7. The number of hydrogen-bond donors (Lipinski definition) is 1. The number of halogens is 2. The van der Waals surface area contributed by atoms with Crippen LogP contribution in [0.4, 0.5) is 10.1 Å². The van der Waals surface area contributed by atoms with Gasteiger partial charge in [0.1, 0.15) is 5.82 Å². The standard InChI is InChI=1S/C16H18ClFN2/c1-11(12-4-3-5-15(19)8-12)20(2)10-13-6-7-14(17)9-16(13)18/h3-9,11H,10,19H2,1-2H3. The zero-order valence-corrected chi connectivity index (χ0v) is 12.4. The lowest BCUT2D eigenvalue weighted by molar-refractivity contribution is 0.249. The first-order chi connectivity index (χ1) is 9.47. The topological polar surface area (TPSA) is 29.3 Å². The van der Waals surface area contributed by atoms with Gasteiger partial charge >= 0.3 is 0 Å². The van der Waals surface area contributed by atoms with Crippen molar-refractivity contribution < 1.29 is 4.39 Å². The molecule has 0 spiro atoms. The van der Waals surface area contributed by atoms with Gasteiger partial charge in [-0.15, -0.1) is 0 Å². The summed E-state index contributed by atoms with van der Waals surface area (Å²) in [7, 11) is 1.96. The molecule has 0 heterocycles. The summed E-state index contributed by atoms with van der Waals surface area (Å²) in [6.07, 6.45) is 0. The number of rotatable bonds is 4. The van der Waals surface area contributed by atoms with Crippen LogP contribution >= 0.6 is 11.6 Å². The Kier molecular flexibility index (Phi) is 4.63. The Balaban J connectivity index is 2.13. The molecule has 0 bridgehead atoms. The molecular weight excluding hydrogens is 275 g/mol. The van der Waals surface area contributed by atoms with Crippen LogP contribution in [0.5, 0.6) is 0 Å². The van der Waals surface area contributed by atoms with E-state index in [0.717, 1.165) is 11.3 Å². The second kappa shape index (κ2) is 6.25. The average Bonchev–Trinajstić information content (AvgIpc) is 2.41. The van der Waals surface area contributed by atoms with Crippen molar-refractivity contribution in [1.29, 1.82) is 0 Å². The number of nitrogen functional groups attached to an aromatic ring is 1. The smallest absolute Gasteiger partial charge is 0.129 e. The highest BCUT2D eigenvalue weighted by Crippen LogP contribution is 2.23. The highest BCUT2D eigenvalue weighted by molar-refractivity contribution is 6.30. The molecule has 2 aromatic carbocycles. The highest BCUT2D eigenvalue weighted by atomic mass is 35.5. The van der Waals surface area contributed by atoms with Crippen molar-refractivity contribution in [2.45, 2.75) is 19.5 Å². The zero-order chi connectivity index (χ0) is 14.7. The van der Waals surface area contributed by atoms with Crippen molar-refractivity contribution in [3.63, 3.8) is 0 Å². The van der Waals surface area contributed by atoms with Gasteiger partial charge in [-0.3, -0.25) is 4.90 Å². The number of nitrogens with zero attached hydrogens (tertiary/aromatic N) is 1. The Morgan fingerprint density at radius 3 is 2.65 bits per heavy atom. The Labute approximate surface area is 124 Å². The van der Waals surface area contributed by atoms with Crippen LogP contribution in [0.3, 0.4) is 0 Å². The lowest BCUT2D eigenvalue weighted by Gasteiger charge is -2.25. The minimum atomic E-state index is -0.274. The molecule has 2 nitrogen and oxygen atoms in total. The first-order valence-corrected chi connectivity index (χ1v) is 6.85. The van der Waals surface area contributed by atoms with Gasteiger partial charge < -0.3 is 5.73 Å². The quantitative estimate of drug-likeness (QED) is 0.854. The molecule has 0 aliphatic carbocycles. The van der Waals surface area contributed by atoms with E-state index in [9.17, 15) is 4.39 Å². The van der Waals surface area contributed by atoms with Gasteiger partial charge in [0, 0.05) is 28.9 Å². The molecule has 2 rings (SSSR count). The van der Waals surface area contributed by atoms with E-state index in [-0.39, 0.29) is 11.9 Å². The zero-order valence-electron chi connectivity index (χ0n) is 11.6. The largest absolute Gasteiger partial charge is 0.399 e. The molecule has 106 valence electrons. The number of hydrogen-bond acceptors (Lipinski definition) is 2. The summed E-state index contributed by atoms with van der Waals surface area (Å²) >= 11 is 5.76. The van der Waals surface area contributed by atoms with Gasteiger partial charge in [-0.2, -0.15) is 0 Å². The second-order valence-electron chi connectivity index (χ2n) is 5.00. The maximum absolute atomic E-state index is 13.8. The molecule has 4 heteroatoms. The van der Waals surface area contributed by atoms with E-state index in [1.54, 1.807) is 12.1 Å². The number of benzene rings is 2. The first kappa shape index (κ1) is 14.8. The highest BCUT2D eigenvalue weighted by Gasteiger charge is 2.14. The van der Waals surface area contributed by atoms with Crippen molar-refractivity contribution >= 4 is 17.3 Å². The van der Waals surface area contributed by atoms with Gasteiger partial charge in [0.05, 0.1) is 0 Å². The molecule has 0 aliphatic heterocycles. The Morgan fingerprint density at radius 1 is 1.25 bits per heavy atom. The lowest BCUT2D eigenvalue weighted by Crippen LogP contribution is -2.22. The first-order valence-electron chi connectivity index (χ1n) is 6.47. The molecule has 0 radical (unpaired) electrons. The van der Waals surface area contributed by atoms with Crippen LogP contribution < -0.4 is 5.73 Å². The Bertz CT molecular complexity index is 601. The lowest BCUT2D eigenvalue weighted by atomic mass is 10.1. The van der Waals surface area contributed by atoms with Crippen LogP contribution in [0.2, 0.25) is 5.02 Å². The van der Waals surface area contributed by atoms with Gasteiger partial charge in [0.2, 0.25) is 0 Å². The molecule has 0 saturated heterocycles. The van der Waals surface area contributed by atoms with Crippen molar-refractivity contribution in [2.75, 3.05) is 12.8 Å². The number of anilines is 1. The minimum absolute atomic E-state index is 0.147.